The van der Waals surface area contributed by atoms with Crippen molar-refractivity contribution in [3.63, 3.8) is 0 Å². The Balaban J connectivity index is 1.27. The summed E-state index contributed by atoms with van der Waals surface area (Å²) in [7, 11) is 0. The van der Waals surface area contributed by atoms with Crippen molar-refractivity contribution < 1.29 is 9.84 Å². The van der Waals surface area contributed by atoms with E-state index >= 15 is 0 Å². The molecule has 0 spiro atoms. The van der Waals surface area contributed by atoms with Gasteiger partial charge in [-0.15, -0.1) is 0 Å². The zero-order valence-electron chi connectivity index (χ0n) is 18.6. The van der Waals surface area contributed by atoms with Crippen molar-refractivity contribution in [1.29, 1.82) is 0 Å². The van der Waals surface area contributed by atoms with E-state index in [4.69, 9.17) is 14.7 Å². The predicted molar refractivity (Wildman–Crippen MR) is 127 cm³/mol. The summed E-state index contributed by atoms with van der Waals surface area (Å²) in [4.78, 5) is 14.3. The molecule has 1 fully saturated rings. The molecule has 3 aromatic heterocycles. The number of aliphatic hydroxyl groups is 1. The van der Waals surface area contributed by atoms with Gasteiger partial charge < -0.3 is 14.4 Å². The van der Waals surface area contributed by atoms with Crippen molar-refractivity contribution in [2.75, 3.05) is 6.61 Å². The van der Waals surface area contributed by atoms with E-state index < -0.39 is 0 Å². The molecule has 2 aliphatic rings. The first-order valence-electron chi connectivity index (χ1n) is 11.9. The zero-order chi connectivity index (χ0) is 22.2. The number of rotatable bonds is 5. The maximum Gasteiger partial charge on any atom is 0.213 e. The molecule has 6 heteroatoms. The molecule has 6 rings (SSSR count). The molecule has 1 aliphatic heterocycles. The van der Waals surface area contributed by atoms with Crippen LogP contribution < -0.4 is 4.74 Å². The summed E-state index contributed by atoms with van der Waals surface area (Å²) in [5, 5.41) is 9.71. The van der Waals surface area contributed by atoms with E-state index in [1.54, 1.807) is 6.20 Å². The second kappa shape index (κ2) is 8.60. The normalized spacial score (nSPS) is 22.4. The van der Waals surface area contributed by atoms with Crippen LogP contribution >= 0.6 is 0 Å². The molecule has 4 heterocycles. The monoisotopic (exact) mass is 440 g/mol. The summed E-state index contributed by atoms with van der Waals surface area (Å²) >= 11 is 0. The molecule has 1 saturated carbocycles. The minimum absolute atomic E-state index is 0.143. The van der Waals surface area contributed by atoms with Crippen molar-refractivity contribution in [2.45, 2.75) is 50.7 Å². The van der Waals surface area contributed by atoms with Crippen LogP contribution in [0, 0.1) is 5.92 Å². The summed E-state index contributed by atoms with van der Waals surface area (Å²) in [5.74, 6) is 2.22. The predicted octanol–water partition coefficient (Wildman–Crippen LogP) is 4.96. The lowest BCUT2D eigenvalue weighted by Gasteiger charge is -2.25. The molecule has 1 atom stereocenters. The number of hydrogen-bond donors (Lipinski definition) is 1. The van der Waals surface area contributed by atoms with Crippen molar-refractivity contribution in [1.82, 2.24) is 19.5 Å². The zero-order valence-corrected chi connectivity index (χ0v) is 18.6. The fourth-order valence-corrected chi connectivity index (χ4v) is 5.23. The Hall–Kier alpha value is -3.25. The van der Waals surface area contributed by atoms with Gasteiger partial charge in [-0.1, -0.05) is 30.3 Å². The second-order valence-corrected chi connectivity index (χ2v) is 9.27. The van der Waals surface area contributed by atoms with Gasteiger partial charge in [-0.2, -0.15) is 0 Å². The van der Waals surface area contributed by atoms with Crippen LogP contribution in [-0.4, -0.2) is 37.3 Å². The number of imidazole rings is 1. The highest BCUT2D eigenvalue weighted by Gasteiger charge is 2.28. The SMILES string of the molecule is O[C@H]1CC[C@@H](COc2cc(-c3ccc4nc5n(c4n3)[C@@H](c3ccccc3)CC5)ccn2)CC1. The Labute approximate surface area is 193 Å². The molecular formula is C27H28N4O2. The molecule has 1 N–H and O–H groups in total. The minimum Gasteiger partial charge on any atom is -0.477 e. The maximum absolute atomic E-state index is 9.71. The van der Waals surface area contributed by atoms with Crippen molar-refractivity contribution in [3.8, 4) is 17.1 Å². The third kappa shape index (κ3) is 4.00. The molecule has 0 saturated heterocycles. The smallest absolute Gasteiger partial charge is 0.213 e. The van der Waals surface area contributed by atoms with Gasteiger partial charge in [0.1, 0.15) is 11.3 Å². The summed E-state index contributed by atoms with van der Waals surface area (Å²) in [5.41, 5.74) is 5.08. The van der Waals surface area contributed by atoms with Crippen molar-refractivity contribution in [3.05, 3.63) is 72.2 Å². The van der Waals surface area contributed by atoms with Gasteiger partial charge in [-0.05, 0) is 61.8 Å². The average molecular weight is 441 g/mol. The third-order valence-corrected chi connectivity index (χ3v) is 7.06. The fraction of sp³-hybridized carbons (Fsp3) is 0.370. The molecule has 168 valence electrons. The van der Waals surface area contributed by atoms with Crippen LogP contribution in [0.4, 0.5) is 0 Å². The van der Waals surface area contributed by atoms with E-state index in [2.05, 4.69) is 45.9 Å². The highest BCUT2D eigenvalue weighted by molar-refractivity contribution is 5.77. The number of pyridine rings is 2. The highest BCUT2D eigenvalue weighted by atomic mass is 16.5. The molecule has 0 radical (unpaired) electrons. The largest absolute Gasteiger partial charge is 0.477 e. The van der Waals surface area contributed by atoms with Gasteiger partial charge in [-0.3, -0.25) is 0 Å². The van der Waals surface area contributed by atoms with Crippen molar-refractivity contribution >= 4 is 11.2 Å². The van der Waals surface area contributed by atoms with E-state index in [1.165, 1.54) is 5.56 Å². The van der Waals surface area contributed by atoms with Gasteiger partial charge in [0.25, 0.3) is 0 Å². The number of aliphatic hydroxyl groups excluding tert-OH is 1. The lowest BCUT2D eigenvalue weighted by molar-refractivity contribution is 0.0909. The van der Waals surface area contributed by atoms with Crippen LogP contribution in [0.5, 0.6) is 5.88 Å². The molecule has 33 heavy (non-hydrogen) atoms. The number of aromatic nitrogens is 4. The molecule has 4 aromatic rings. The van der Waals surface area contributed by atoms with Crippen LogP contribution in [0.2, 0.25) is 0 Å². The minimum atomic E-state index is -0.143. The lowest BCUT2D eigenvalue weighted by atomic mass is 9.88. The van der Waals surface area contributed by atoms with Gasteiger partial charge in [0.15, 0.2) is 5.65 Å². The molecule has 0 bridgehead atoms. The Morgan fingerprint density at radius 3 is 2.64 bits per heavy atom. The average Bonchev–Trinajstić information content (AvgIpc) is 3.43. The second-order valence-electron chi connectivity index (χ2n) is 9.27. The topological polar surface area (TPSA) is 73.1 Å². The number of ether oxygens (including phenoxy) is 1. The molecule has 6 nitrogen and oxygen atoms in total. The summed E-state index contributed by atoms with van der Waals surface area (Å²) in [6.45, 7) is 0.643. The first kappa shape index (κ1) is 20.4. The van der Waals surface area contributed by atoms with Crippen molar-refractivity contribution in [2.24, 2.45) is 5.92 Å². The van der Waals surface area contributed by atoms with Crippen LogP contribution in [0.15, 0.2) is 60.8 Å². The third-order valence-electron chi connectivity index (χ3n) is 7.06. The van der Waals surface area contributed by atoms with Crippen LogP contribution in [-0.2, 0) is 6.42 Å². The van der Waals surface area contributed by atoms with Gasteiger partial charge in [-0.25, -0.2) is 15.0 Å². The van der Waals surface area contributed by atoms with E-state index in [9.17, 15) is 5.11 Å². The molecular weight excluding hydrogens is 412 g/mol. The quantitative estimate of drug-likeness (QED) is 0.475. The fourth-order valence-electron chi connectivity index (χ4n) is 5.23. The Morgan fingerprint density at radius 1 is 0.939 bits per heavy atom. The highest BCUT2D eigenvalue weighted by Crippen LogP contribution is 2.35. The maximum atomic E-state index is 9.71. The number of fused-ring (bicyclic) bond motifs is 3. The van der Waals surface area contributed by atoms with E-state index in [0.717, 1.165) is 66.8 Å². The van der Waals surface area contributed by atoms with Crippen LogP contribution in [0.25, 0.3) is 22.4 Å². The molecule has 0 unspecified atom stereocenters. The molecule has 1 aromatic carbocycles. The number of benzene rings is 1. The van der Waals surface area contributed by atoms with E-state index in [-0.39, 0.29) is 12.1 Å². The van der Waals surface area contributed by atoms with E-state index in [1.807, 2.05) is 18.2 Å². The summed E-state index contributed by atoms with van der Waals surface area (Å²) < 4.78 is 8.34. The standard InChI is InChI=1S/C27H28N4O2/c32-21-8-6-18(7-9-21)17-33-26-16-20(14-15-28-26)22-10-11-23-27(30-22)31-24(12-13-25(31)29-23)19-4-2-1-3-5-19/h1-5,10-11,14-16,18,21,24,32H,6-9,12-13,17H2/t18-,21+,24-/m1/s1. The van der Waals surface area contributed by atoms with Gasteiger partial charge in [0.05, 0.1) is 24.4 Å². The first-order valence-corrected chi connectivity index (χ1v) is 11.9. The van der Waals surface area contributed by atoms with Gasteiger partial charge >= 0.3 is 0 Å². The van der Waals surface area contributed by atoms with Crippen LogP contribution in [0.3, 0.4) is 0 Å². The van der Waals surface area contributed by atoms with Gasteiger partial charge in [0, 0.05) is 24.2 Å². The van der Waals surface area contributed by atoms with E-state index in [0.29, 0.717) is 18.4 Å². The number of hydrogen-bond acceptors (Lipinski definition) is 5. The van der Waals surface area contributed by atoms with Gasteiger partial charge in [0.2, 0.25) is 5.88 Å². The Morgan fingerprint density at radius 2 is 1.79 bits per heavy atom. The molecule has 0 amide bonds. The Kier molecular flexibility index (Phi) is 5.30. The lowest BCUT2D eigenvalue weighted by Crippen LogP contribution is -2.22. The number of nitrogens with zero attached hydrogens (tertiary/aromatic N) is 4. The summed E-state index contributed by atoms with van der Waals surface area (Å²) in [6.07, 6.45) is 7.42. The van der Waals surface area contributed by atoms with Crippen LogP contribution in [0.1, 0.15) is 49.5 Å². The number of aryl methyl sites for hydroxylation is 1. The summed E-state index contributed by atoms with van der Waals surface area (Å²) in [6, 6.07) is 19.0. The Bertz CT molecular complexity index is 1260. The molecule has 1 aliphatic carbocycles. The first-order chi connectivity index (χ1) is 16.2.